The third-order valence-corrected chi connectivity index (χ3v) is 3.72. The number of hydrogen-bond acceptors (Lipinski definition) is 3. The molecule has 0 bridgehead atoms. The van der Waals surface area contributed by atoms with E-state index in [9.17, 15) is 0 Å². The molecule has 64 valence electrons. The van der Waals surface area contributed by atoms with Crippen molar-refractivity contribution in [2.45, 2.75) is 11.1 Å². The highest BCUT2D eigenvalue weighted by atomic mass is 32.2. The van der Waals surface area contributed by atoms with E-state index in [1.54, 1.807) is 11.3 Å². The Kier molecular flexibility index (Phi) is 2.03. The zero-order valence-electron chi connectivity index (χ0n) is 7.03. The molecule has 0 amide bonds. The summed E-state index contributed by atoms with van der Waals surface area (Å²) in [6, 6.07) is 7.87. The van der Waals surface area contributed by atoms with E-state index < -0.39 is 0 Å². The second kappa shape index (κ2) is 3.06. The van der Waals surface area contributed by atoms with E-state index in [1.165, 1.54) is 10.3 Å². The number of nitriles is 1. The molecule has 2 rings (SSSR count). The molecule has 3 heteroatoms. The molecular formula is C10H7NS2. The van der Waals surface area contributed by atoms with E-state index in [0.29, 0.717) is 5.56 Å². The Morgan fingerprint density at radius 1 is 1.46 bits per heavy atom. The number of benzene rings is 1. The first-order chi connectivity index (χ1) is 6.22. The van der Waals surface area contributed by atoms with Gasteiger partial charge in [0.05, 0.1) is 15.8 Å². The van der Waals surface area contributed by atoms with Gasteiger partial charge < -0.3 is 0 Å². The van der Waals surface area contributed by atoms with Crippen LogP contribution in [0.4, 0.5) is 0 Å². The molecule has 2 aromatic rings. The van der Waals surface area contributed by atoms with E-state index in [-0.39, 0.29) is 0 Å². The van der Waals surface area contributed by atoms with Crippen molar-refractivity contribution >= 4 is 34.1 Å². The highest BCUT2D eigenvalue weighted by Gasteiger charge is 2.05. The molecule has 0 atom stereocenters. The topological polar surface area (TPSA) is 23.8 Å². The van der Waals surface area contributed by atoms with Crippen molar-refractivity contribution in [1.29, 1.82) is 5.26 Å². The predicted octanol–water partition coefficient (Wildman–Crippen LogP) is 3.37. The van der Waals surface area contributed by atoms with Gasteiger partial charge in [-0.1, -0.05) is 0 Å². The maximum Gasteiger partial charge on any atom is 0.0991 e. The molecule has 13 heavy (non-hydrogen) atoms. The lowest BCUT2D eigenvalue weighted by Gasteiger charge is -1.91. The van der Waals surface area contributed by atoms with Gasteiger partial charge in [0.15, 0.2) is 0 Å². The van der Waals surface area contributed by atoms with Crippen LogP contribution in [-0.2, 0) is 0 Å². The van der Waals surface area contributed by atoms with Crippen molar-refractivity contribution in [3.05, 3.63) is 29.3 Å². The van der Waals surface area contributed by atoms with Gasteiger partial charge in [-0.2, -0.15) is 5.26 Å². The van der Waals surface area contributed by atoms with Gasteiger partial charge in [0.25, 0.3) is 0 Å². The minimum atomic E-state index is 0.710. The van der Waals surface area contributed by atoms with Crippen LogP contribution < -0.4 is 0 Å². The molecule has 0 aliphatic rings. The molecule has 0 radical (unpaired) electrons. The number of thiol groups is 1. The van der Waals surface area contributed by atoms with Crippen molar-refractivity contribution in [2.75, 3.05) is 0 Å². The van der Waals surface area contributed by atoms with Crippen molar-refractivity contribution < 1.29 is 0 Å². The van der Waals surface area contributed by atoms with E-state index in [2.05, 4.69) is 18.7 Å². The Hall–Kier alpha value is -0.980. The summed E-state index contributed by atoms with van der Waals surface area (Å²) >= 11 is 6.01. The molecule has 0 spiro atoms. The molecule has 0 aliphatic heterocycles. The van der Waals surface area contributed by atoms with Crippen LogP contribution in [0.3, 0.4) is 0 Å². The van der Waals surface area contributed by atoms with E-state index in [4.69, 9.17) is 5.26 Å². The maximum absolute atomic E-state index is 8.73. The van der Waals surface area contributed by atoms with Crippen LogP contribution in [-0.4, -0.2) is 0 Å². The number of nitrogens with zero attached hydrogens (tertiary/aromatic N) is 1. The fourth-order valence-electron chi connectivity index (χ4n) is 1.28. The van der Waals surface area contributed by atoms with Gasteiger partial charge in [0.1, 0.15) is 0 Å². The van der Waals surface area contributed by atoms with Crippen LogP contribution >= 0.6 is 24.0 Å². The first-order valence-corrected chi connectivity index (χ1v) is 5.11. The van der Waals surface area contributed by atoms with Crippen LogP contribution in [0.2, 0.25) is 0 Å². The molecule has 1 aromatic heterocycles. The van der Waals surface area contributed by atoms with Crippen LogP contribution in [0, 0.1) is 18.3 Å². The summed E-state index contributed by atoms with van der Waals surface area (Å²) in [5.74, 6) is 0. The summed E-state index contributed by atoms with van der Waals surface area (Å²) in [5, 5.41) is 9.88. The SMILES string of the molecule is Cc1c(S)sc2ccc(C#N)cc12. The van der Waals surface area contributed by atoms with Gasteiger partial charge >= 0.3 is 0 Å². The highest BCUT2D eigenvalue weighted by Crippen LogP contribution is 2.33. The van der Waals surface area contributed by atoms with Gasteiger partial charge in [-0.25, -0.2) is 0 Å². The van der Waals surface area contributed by atoms with Crippen molar-refractivity contribution in [2.24, 2.45) is 0 Å². The average molecular weight is 205 g/mol. The molecule has 0 N–H and O–H groups in total. The van der Waals surface area contributed by atoms with Gasteiger partial charge in [-0.15, -0.1) is 24.0 Å². The molecule has 1 heterocycles. The lowest BCUT2D eigenvalue weighted by atomic mass is 10.1. The second-order valence-electron chi connectivity index (χ2n) is 2.85. The summed E-state index contributed by atoms with van der Waals surface area (Å²) in [5.41, 5.74) is 1.88. The summed E-state index contributed by atoms with van der Waals surface area (Å²) < 4.78 is 2.23. The monoisotopic (exact) mass is 205 g/mol. The summed E-state index contributed by atoms with van der Waals surface area (Å²) in [4.78, 5) is 0. The number of aryl methyl sites for hydroxylation is 1. The molecular weight excluding hydrogens is 198 g/mol. The third-order valence-electron chi connectivity index (χ3n) is 2.04. The molecule has 0 saturated heterocycles. The van der Waals surface area contributed by atoms with E-state index in [1.807, 2.05) is 25.1 Å². The minimum Gasteiger partial charge on any atom is -0.192 e. The normalized spacial score (nSPS) is 10.2. The quantitative estimate of drug-likeness (QED) is 0.655. The lowest BCUT2D eigenvalue weighted by molar-refractivity contribution is 1.46. The molecule has 1 aromatic carbocycles. The van der Waals surface area contributed by atoms with Crippen molar-refractivity contribution in [1.82, 2.24) is 0 Å². The highest BCUT2D eigenvalue weighted by molar-refractivity contribution is 7.83. The number of thiophene rings is 1. The largest absolute Gasteiger partial charge is 0.192 e. The third kappa shape index (κ3) is 1.32. The number of fused-ring (bicyclic) bond motifs is 1. The molecule has 0 unspecified atom stereocenters. The second-order valence-corrected chi connectivity index (χ2v) is 4.66. The molecule has 0 aliphatic carbocycles. The van der Waals surface area contributed by atoms with Crippen LogP contribution in [0.25, 0.3) is 10.1 Å². The number of hydrogen-bond donors (Lipinski definition) is 1. The van der Waals surface area contributed by atoms with Crippen LogP contribution in [0.15, 0.2) is 22.4 Å². The van der Waals surface area contributed by atoms with Gasteiger partial charge in [0.2, 0.25) is 0 Å². The van der Waals surface area contributed by atoms with E-state index in [0.717, 1.165) is 9.60 Å². The fourth-order valence-corrected chi connectivity index (χ4v) is 2.62. The summed E-state index contributed by atoms with van der Waals surface area (Å²) in [6.45, 7) is 2.03. The Balaban J connectivity index is 2.84. The Morgan fingerprint density at radius 2 is 2.23 bits per heavy atom. The number of rotatable bonds is 0. The Bertz CT molecular complexity index is 505. The maximum atomic E-state index is 8.73. The van der Waals surface area contributed by atoms with Crippen LogP contribution in [0.1, 0.15) is 11.1 Å². The fraction of sp³-hybridized carbons (Fsp3) is 0.100. The summed E-state index contributed by atoms with van der Waals surface area (Å²) in [6.07, 6.45) is 0. The minimum absolute atomic E-state index is 0.710. The van der Waals surface area contributed by atoms with Crippen molar-refractivity contribution in [3.63, 3.8) is 0 Å². The summed E-state index contributed by atoms with van der Waals surface area (Å²) in [7, 11) is 0. The standard InChI is InChI=1S/C10H7NS2/c1-6-8-4-7(5-11)2-3-9(8)13-10(6)12/h2-4,12H,1H3. The van der Waals surface area contributed by atoms with Crippen LogP contribution in [0.5, 0.6) is 0 Å². The predicted molar refractivity (Wildman–Crippen MR) is 58.5 cm³/mol. The Labute approximate surface area is 86.0 Å². The first kappa shape index (κ1) is 8.61. The van der Waals surface area contributed by atoms with Crippen molar-refractivity contribution in [3.8, 4) is 6.07 Å². The van der Waals surface area contributed by atoms with Gasteiger partial charge in [-0.3, -0.25) is 0 Å². The first-order valence-electron chi connectivity index (χ1n) is 3.84. The molecule has 1 nitrogen and oxygen atoms in total. The zero-order valence-corrected chi connectivity index (χ0v) is 8.75. The lowest BCUT2D eigenvalue weighted by Crippen LogP contribution is -1.73. The zero-order chi connectivity index (χ0) is 9.42. The Morgan fingerprint density at radius 3 is 2.92 bits per heavy atom. The average Bonchev–Trinajstić information content (AvgIpc) is 2.43. The smallest absolute Gasteiger partial charge is 0.0991 e. The molecule has 0 fully saturated rings. The van der Waals surface area contributed by atoms with Gasteiger partial charge in [-0.05, 0) is 36.1 Å². The van der Waals surface area contributed by atoms with E-state index >= 15 is 0 Å². The molecule has 0 saturated carbocycles. The van der Waals surface area contributed by atoms with Gasteiger partial charge in [0, 0.05) is 4.70 Å².